The summed E-state index contributed by atoms with van der Waals surface area (Å²) in [7, 11) is 0. The number of thiazole rings is 1. The summed E-state index contributed by atoms with van der Waals surface area (Å²) < 4.78 is 5.90. The average Bonchev–Trinajstić information content (AvgIpc) is 3.16. The lowest BCUT2D eigenvalue weighted by Gasteiger charge is -2.13. The lowest BCUT2D eigenvalue weighted by molar-refractivity contribution is 0.0652. The summed E-state index contributed by atoms with van der Waals surface area (Å²) in [5, 5.41) is 10.0. The number of rotatable bonds is 11. The highest BCUT2D eigenvalue weighted by atomic mass is 32.1. The van der Waals surface area contributed by atoms with Crippen LogP contribution in [0.5, 0.6) is 0 Å². The van der Waals surface area contributed by atoms with Gasteiger partial charge in [0.2, 0.25) is 0 Å². The van der Waals surface area contributed by atoms with Crippen LogP contribution in [0.15, 0.2) is 40.7 Å². The van der Waals surface area contributed by atoms with Gasteiger partial charge < -0.3 is 15.4 Å². The summed E-state index contributed by atoms with van der Waals surface area (Å²) in [6.07, 6.45) is 2.94. The highest BCUT2D eigenvalue weighted by molar-refractivity contribution is 7.09. The highest BCUT2D eigenvalue weighted by Crippen LogP contribution is 2.15. The Morgan fingerprint density at radius 3 is 2.74 bits per heavy atom. The molecule has 0 saturated heterocycles. The van der Waals surface area contributed by atoms with Gasteiger partial charge >= 0.3 is 0 Å². The Bertz CT molecular complexity index is 672. The maximum absolute atomic E-state index is 5.90. The van der Waals surface area contributed by atoms with Crippen molar-refractivity contribution in [3.8, 4) is 0 Å². The SMILES string of the molecule is CCNC(=NCCCOC(C)c1ccccc1)NCCc1csc(CC)n1. The van der Waals surface area contributed by atoms with Gasteiger partial charge in [-0.15, -0.1) is 11.3 Å². The Balaban J connectivity index is 1.66. The first-order valence-electron chi connectivity index (χ1n) is 9.85. The number of aromatic nitrogens is 1. The van der Waals surface area contributed by atoms with Crippen molar-refractivity contribution in [3.63, 3.8) is 0 Å². The van der Waals surface area contributed by atoms with Gasteiger partial charge in [-0.3, -0.25) is 4.99 Å². The van der Waals surface area contributed by atoms with E-state index in [2.05, 4.69) is 58.9 Å². The zero-order chi connectivity index (χ0) is 19.3. The van der Waals surface area contributed by atoms with Crippen molar-refractivity contribution >= 4 is 17.3 Å². The van der Waals surface area contributed by atoms with E-state index in [-0.39, 0.29) is 6.10 Å². The highest BCUT2D eigenvalue weighted by Gasteiger charge is 2.04. The fraction of sp³-hybridized carbons (Fsp3) is 0.524. The van der Waals surface area contributed by atoms with E-state index in [4.69, 9.17) is 4.74 Å². The maximum atomic E-state index is 5.90. The van der Waals surface area contributed by atoms with Crippen molar-refractivity contribution in [1.29, 1.82) is 0 Å². The van der Waals surface area contributed by atoms with Crippen LogP contribution in [0.25, 0.3) is 0 Å². The van der Waals surface area contributed by atoms with E-state index in [1.807, 2.05) is 18.2 Å². The summed E-state index contributed by atoms with van der Waals surface area (Å²) in [5.41, 5.74) is 2.37. The lowest BCUT2D eigenvalue weighted by Crippen LogP contribution is -2.38. The molecule has 27 heavy (non-hydrogen) atoms. The molecule has 1 aromatic heterocycles. The van der Waals surface area contributed by atoms with E-state index in [1.54, 1.807) is 11.3 Å². The summed E-state index contributed by atoms with van der Waals surface area (Å²) in [4.78, 5) is 9.23. The molecule has 0 fully saturated rings. The molecule has 6 heteroatoms. The van der Waals surface area contributed by atoms with Crippen molar-refractivity contribution in [3.05, 3.63) is 52.0 Å². The number of aliphatic imine (C=N–C) groups is 1. The minimum atomic E-state index is 0.118. The Labute approximate surface area is 167 Å². The number of guanidine groups is 1. The van der Waals surface area contributed by atoms with Crippen molar-refractivity contribution in [2.24, 2.45) is 4.99 Å². The zero-order valence-corrected chi connectivity index (χ0v) is 17.5. The van der Waals surface area contributed by atoms with Crippen LogP contribution in [0.4, 0.5) is 0 Å². The van der Waals surface area contributed by atoms with Gasteiger partial charge in [-0.1, -0.05) is 37.3 Å². The number of nitrogens with one attached hydrogen (secondary N) is 2. The van der Waals surface area contributed by atoms with Crippen LogP contribution in [0.3, 0.4) is 0 Å². The first-order chi connectivity index (χ1) is 13.2. The third-order valence-corrected chi connectivity index (χ3v) is 5.17. The van der Waals surface area contributed by atoms with Gasteiger partial charge in [-0.25, -0.2) is 4.98 Å². The average molecular weight is 389 g/mol. The molecule has 1 aromatic carbocycles. The third-order valence-electron chi connectivity index (χ3n) is 4.13. The first kappa shape index (κ1) is 21.4. The van der Waals surface area contributed by atoms with Gasteiger partial charge in [0.15, 0.2) is 5.96 Å². The van der Waals surface area contributed by atoms with Gasteiger partial charge in [0.25, 0.3) is 0 Å². The summed E-state index contributed by atoms with van der Waals surface area (Å²) in [6, 6.07) is 10.3. The molecule has 0 bridgehead atoms. The fourth-order valence-electron chi connectivity index (χ4n) is 2.61. The number of aryl methyl sites for hydroxylation is 1. The predicted molar refractivity (Wildman–Crippen MR) is 115 cm³/mol. The molecule has 0 aliphatic rings. The Kier molecular flexibility index (Phi) is 9.87. The number of ether oxygens (including phenoxy) is 1. The molecule has 0 amide bonds. The molecule has 1 heterocycles. The zero-order valence-electron chi connectivity index (χ0n) is 16.7. The Morgan fingerprint density at radius 1 is 1.22 bits per heavy atom. The molecule has 148 valence electrons. The molecule has 2 aromatic rings. The van der Waals surface area contributed by atoms with Crippen LogP contribution in [0.1, 0.15) is 49.6 Å². The molecular formula is C21H32N4OS. The summed E-state index contributed by atoms with van der Waals surface area (Å²) in [6.45, 7) is 9.44. The van der Waals surface area contributed by atoms with Crippen LogP contribution < -0.4 is 10.6 Å². The van der Waals surface area contributed by atoms with Crippen LogP contribution in [-0.2, 0) is 17.6 Å². The van der Waals surface area contributed by atoms with Gasteiger partial charge in [0.05, 0.1) is 16.8 Å². The summed E-state index contributed by atoms with van der Waals surface area (Å²) in [5.74, 6) is 0.861. The van der Waals surface area contributed by atoms with E-state index in [0.29, 0.717) is 6.61 Å². The third kappa shape index (κ3) is 8.10. The van der Waals surface area contributed by atoms with E-state index in [0.717, 1.165) is 50.6 Å². The number of benzene rings is 1. The van der Waals surface area contributed by atoms with Crippen LogP contribution >= 0.6 is 11.3 Å². The van der Waals surface area contributed by atoms with Gasteiger partial charge in [-0.2, -0.15) is 0 Å². The Morgan fingerprint density at radius 2 is 2.04 bits per heavy atom. The standard InChI is InChI=1S/C21H32N4OS/c1-4-20-25-19(16-27-20)12-14-24-21(22-5-2)23-13-9-15-26-17(3)18-10-7-6-8-11-18/h6-8,10-11,16-17H,4-5,9,12-15H2,1-3H3,(H2,22,23,24). The molecule has 1 atom stereocenters. The maximum Gasteiger partial charge on any atom is 0.191 e. The molecule has 5 nitrogen and oxygen atoms in total. The monoisotopic (exact) mass is 388 g/mol. The number of hydrogen-bond donors (Lipinski definition) is 2. The van der Waals surface area contributed by atoms with E-state index in [1.165, 1.54) is 10.6 Å². The van der Waals surface area contributed by atoms with Crippen molar-refractivity contribution in [2.45, 2.75) is 46.1 Å². The second-order valence-electron chi connectivity index (χ2n) is 6.30. The molecule has 0 radical (unpaired) electrons. The van der Waals surface area contributed by atoms with Crippen LogP contribution in [0, 0.1) is 0 Å². The van der Waals surface area contributed by atoms with Gasteiger partial charge in [0.1, 0.15) is 0 Å². The molecular weight excluding hydrogens is 356 g/mol. The molecule has 0 aliphatic heterocycles. The smallest absolute Gasteiger partial charge is 0.191 e. The van der Waals surface area contributed by atoms with E-state index < -0.39 is 0 Å². The molecule has 0 aliphatic carbocycles. The fourth-order valence-corrected chi connectivity index (χ4v) is 3.39. The lowest BCUT2D eigenvalue weighted by atomic mass is 10.1. The second kappa shape index (κ2) is 12.5. The van der Waals surface area contributed by atoms with Gasteiger partial charge in [0, 0.05) is 38.0 Å². The van der Waals surface area contributed by atoms with Gasteiger partial charge in [-0.05, 0) is 32.3 Å². The van der Waals surface area contributed by atoms with E-state index in [9.17, 15) is 0 Å². The minimum absolute atomic E-state index is 0.118. The number of hydrogen-bond acceptors (Lipinski definition) is 4. The normalized spacial score (nSPS) is 12.8. The quantitative estimate of drug-likeness (QED) is 0.347. The second-order valence-corrected chi connectivity index (χ2v) is 7.24. The van der Waals surface area contributed by atoms with E-state index >= 15 is 0 Å². The molecule has 0 saturated carbocycles. The molecule has 1 unspecified atom stereocenters. The first-order valence-corrected chi connectivity index (χ1v) is 10.7. The van der Waals surface area contributed by atoms with Crippen LogP contribution in [0.2, 0.25) is 0 Å². The largest absolute Gasteiger partial charge is 0.374 e. The molecule has 2 N–H and O–H groups in total. The minimum Gasteiger partial charge on any atom is -0.374 e. The topological polar surface area (TPSA) is 58.5 Å². The predicted octanol–water partition coefficient (Wildman–Crippen LogP) is 3.97. The van der Waals surface area contributed by atoms with Crippen molar-refractivity contribution < 1.29 is 4.74 Å². The molecule has 2 rings (SSSR count). The number of nitrogens with zero attached hydrogens (tertiary/aromatic N) is 2. The van der Waals surface area contributed by atoms with Crippen LogP contribution in [-0.4, -0.2) is 37.2 Å². The van der Waals surface area contributed by atoms with Crippen molar-refractivity contribution in [2.75, 3.05) is 26.2 Å². The molecule has 0 spiro atoms. The summed E-state index contributed by atoms with van der Waals surface area (Å²) >= 11 is 1.74. The Hall–Kier alpha value is -1.92. The van der Waals surface area contributed by atoms with Crippen molar-refractivity contribution in [1.82, 2.24) is 15.6 Å².